The van der Waals surface area contributed by atoms with Crippen molar-refractivity contribution in [2.75, 3.05) is 31.8 Å². The van der Waals surface area contributed by atoms with Crippen LogP contribution in [-0.4, -0.2) is 38.8 Å². The van der Waals surface area contributed by atoms with E-state index in [0.29, 0.717) is 13.1 Å². The quantitative estimate of drug-likeness (QED) is 0.909. The predicted octanol–water partition coefficient (Wildman–Crippen LogP) is 2.91. The molecule has 0 amide bonds. The van der Waals surface area contributed by atoms with Crippen LogP contribution in [-0.2, 0) is 4.74 Å². The first-order valence-corrected chi connectivity index (χ1v) is 7.04. The fraction of sp³-hybridized carbons (Fsp3) is 0.600. The second-order valence-electron chi connectivity index (χ2n) is 5.41. The van der Waals surface area contributed by atoms with Gasteiger partial charge in [0.2, 0.25) is 0 Å². The minimum absolute atomic E-state index is 0.123. The third kappa shape index (κ3) is 3.89. The number of benzene rings is 1. The normalized spacial score (nSPS) is 21.1. The van der Waals surface area contributed by atoms with Crippen molar-refractivity contribution in [3.05, 3.63) is 29.8 Å². The van der Waals surface area contributed by atoms with Gasteiger partial charge in [0.25, 0.3) is 5.92 Å². The highest BCUT2D eigenvalue weighted by Crippen LogP contribution is 2.31. The zero-order chi connectivity index (χ0) is 15.5. The summed E-state index contributed by atoms with van der Waals surface area (Å²) in [5.74, 6) is -2.55. The second-order valence-corrected chi connectivity index (χ2v) is 5.41. The molecule has 2 rings (SSSR count). The maximum atomic E-state index is 13.1. The highest BCUT2D eigenvalue weighted by Gasteiger charge is 2.34. The van der Waals surface area contributed by atoms with Crippen molar-refractivity contribution in [2.24, 2.45) is 5.73 Å². The van der Waals surface area contributed by atoms with Crippen LogP contribution in [0.25, 0.3) is 0 Å². The van der Waals surface area contributed by atoms with Crippen molar-refractivity contribution in [1.82, 2.24) is 0 Å². The first-order chi connectivity index (χ1) is 9.96. The molecule has 0 aromatic heterocycles. The molecule has 0 saturated carbocycles. The summed E-state index contributed by atoms with van der Waals surface area (Å²) in [6, 6.07) is 6.60. The van der Waals surface area contributed by atoms with Crippen LogP contribution in [0.15, 0.2) is 24.3 Å². The molecule has 1 aliphatic rings. The monoisotopic (exact) mass is 302 g/mol. The van der Waals surface area contributed by atoms with E-state index < -0.39 is 24.7 Å². The Labute approximate surface area is 122 Å². The molecule has 0 bridgehead atoms. The first kappa shape index (κ1) is 16.1. The number of piperidine rings is 1. The summed E-state index contributed by atoms with van der Waals surface area (Å²) in [5, 5.41) is 0. The predicted molar refractivity (Wildman–Crippen MR) is 76.5 cm³/mol. The molecule has 2 atom stereocenters. The lowest BCUT2D eigenvalue weighted by molar-refractivity contribution is -0.0220. The van der Waals surface area contributed by atoms with Crippen LogP contribution < -0.4 is 10.6 Å². The molecule has 1 aliphatic heterocycles. The minimum Gasteiger partial charge on any atom is -0.375 e. The average Bonchev–Trinajstić information content (AvgIpc) is 2.48. The van der Waals surface area contributed by atoms with Crippen LogP contribution in [0.2, 0.25) is 0 Å². The summed E-state index contributed by atoms with van der Waals surface area (Å²) in [4.78, 5) is 1.93. The van der Waals surface area contributed by atoms with Crippen molar-refractivity contribution >= 4 is 5.69 Å². The van der Waals surface area contributed by atoms with Crippen molar-refractivity contribution in [3.8, 4) is 0 Å². The highest BCUT2D eigenvalue weighted by atomic mass is 19.3. The zero-order valence-corrected chi connectivity index (χ0v) is 12.1. The van der Waals surface area contributed by atoms with Gasteiger partial charge >= 0.3 is 0 Å². The van der Waals surface area contributed by atoms with E-state index in [9.17, 15) is 13.2 Å². The standard InChI is InChI=1S/C15H21F3N2O/c1-21-14(13(19)10-16)11-2-4-12(5-3-11)20-8-6-15(17,18)7-9-20/h2-5,13-14H,6-10,19H2,1H3. The van der Waals surface area contributed by atoms with Gasteiger partial charge in [0.15, 0.2) is 0 Å². The number of hydrogen-bond acceptors (Lipinski definition) is 3. The van der Waals surface area contributed by atoms with Crippen LogP contribution in [0.5, 0.6) is 0 Å². The van der Waals surface area contributed by atoms with Crippen LogP contribution in [0.1, 0.15) is 24.5 Å². The largest absolute Gasteiger partial charge is 0.375 e. The van der Waals surface area contributed by atoms with Crippen LogP contribution in [0.3, 0.4) is 0 Å². The van der Waals surface area contributed by atoms with E-state index in [-0.39, 0.29) is 12.8 Å². The Hall–Kier alpha value is -1.27. The van der Waals surface area contributed by atoms with Crippen molar-refractivity contribution in [1.29, 1.82) is 0 Å². The van der Waals surface area contributed by atoms with Gasteiger partial charge in [-0.05, 0) is 17.7 Å². The molecular weight excluding hydrogens is 281 g/mol. The molecule has 1 fully saturated rings. The number of anilines is 1. The van der Waals surface area contributed by atoms with E-state index in [0.717, 1.165) is 11.3 Å². The number of ether oxygens (including phenoxy) is 1. The molecule has 1 aromatic carbocycles. The Morgan fingerprint density at radius 3 is 2.29 bits per heavy atom. The fourth-order valence-electron chi connectivity index (χ4n) is 2.61. The molecule has 118 valence electrons. The van der Waals surface area contributed by atoms with E-state index >= 15 is 0 Å². The third-order valence-electron chi connectivity index (χ3n) is 3.90. The van der Waals surface area contributed by atoms with Gasteiger partial charge in [0.1, 0.15) is 6.67 Å². The summed E-state index contributed by atoms with van der Waals surface area (Å²) >= 11 is 0. The molecule has 1 aromatic rings. The van der Waals surface area contributed by atoms with Crippen molar-refractivity contribution in [3.63, 3.8) is 0 Å². The summed E-state index contributed by atoms with van der Waals surface area (Å²) in [6.07, 6.45) is -0.751. The summed E-state index contributed by atoms with van der Waals surface area (Å²) < 4.78 is 44.2. The Morgan fingerprint density at radius 1 is 1.24 bits per heavy atom. The number of hydrogen-bond donors (Lipinski definition) is 1. The molecule has 1 heterocycles. The lowest BCUT2D eigenvalue weighted by Crippen LogP contribution is -2.39. The molecule has 6 heteroatoms. The maximum absolute atomic E-state index is 13.1. The number of nitrogens with two attached hydrogens (primary N) is 1. The minimum atomic E-state index is -2.55. The van der Waals surface area contributed by atoms with E-state index in [1.807, 2.05) is 29.2 Å². The smallest absolute Gasteiger partial charge is 0.251 e. The van der Waals surface area contributed by atoms with Crippen LogP contribution in [0, 0.1) is 0 Å². The summed E-state index contributed by atoms with van der Waals surface area (Å²) in [7, 11) is 1.49. The Morgan fingerprint density at radius 2 is 1.81 bits per heavy atom. The van der Waals surface area contributed by atoms with Gasteiger partial charge in [-0.1, -0.05) is 12.1 Å². The summed E-state index contributed by atoms with van der Waals surface area (Å²) in [5.41, 5.74) is 7.35. The van der Waals surface area contributed by atoms with Crippen LogP contribution in [0.4, 0.5) is 18.9 Å². The van der Waals surface area contributed by atoms with E-state index in [1.165, 1.54) is 7.11 Å². The molecular formula is C15H21F3N2O. The molecule has 0 aliphatic carbocycles. The van der Waals surface area contributed by atoms with Gasteiger partial charge in [0, 0.05) is 38.7 Å². The Kier molecular flexibility index (Phi) is 5.11. The zero-order valence-electron chi connectivity index (χ0n) is 12.1. The number of methoxy groups -OCH3 is 1. The van der Waals surface area contributed by atoms with Crippen LogP contribution >= 0.6 is 0 Å². The number of halogens is 3. The van der Waals surface area contributed by atoms with Gasteiger partial charge in [-0.2, -0.15) is 0 Å². The average molecular weight is 302 g/mol. The van der Waals surface area contributed by atoms with E-state index in [4.69, 9.17) is 10.5 Å². The molecule has 21 heavy (non-hydrogen) atoms. The van der Waals surface area contributed by atoms with Gasteiger partial charge in [-0.25, -0.2) is 13.2 Å². The van der Waals surface area contributed by atoms with Crippen molar-refractivity contribution in [2.45, 2.75) is 30.9 Å². The van der Waals surface area contributed by atoms with Gasteiger partial charge in [0.05, 0.1) is 12.1 Å². The first-order valence-electron chi connectivity index (χ1n) is 7.04. The fourth-order valence-corrected chi connectivity index (χ4v) is 2.61. The Balaban J connectivity index is 2.05. The van der Waals surface area contributed by atoms with Gasteiger partial charge < -0.3 is 15.4 Å². The molecule has 2 N–H and O–H groups in total. The molecule has 0 spiro atoms. The van der Waals surface area contributed by atoms with Gasteiger partial charge in [-0.3, -0.25) is 0 Å². The number of nitrogens with zero attached hydrogens (tertiary/aromatic N) is 1. The molecule has 3 nitrogen and oxygen atoms in total. The number of rotatable bonds is 5. The highest BCUT2D eigenvalue weighted by molar-refractivity contribution is 5.48. The molecule has 2 unspecified atom stereocenters. The third-order valence-corrected chi connectivity index (χ3v) is 3.90. The Bertz CT molecular complexity index is 443. The van der Waals surface area contributed by atoms with Crippen molar-refractivity contribution < 1.29 is 17.9 Å². The molecule has 0 radical (unpaired) electrons. The van der Waals surface area contributed by atoms with Gasteiger partial charge in [-0.15, -0.1) is 0 Å². The lowest BCUT2D eigenvalue weighted by Gasteiger charge is -2.33. The lowest BCUT2D eigenvalue weighted by atomic mass is 10.0. The van der Waals surface area contributed by atoms with E-state index in [1.54, 1.807) is 0 Å². The van der Waals surface area contributed by atoms with E-state index in [2.05, 4.69) is 0 Å². The SMILES string of the molecule is COC(c1ccc(N2CCC(F)(F)CC2)cc1)C(N)CF. The topological polar surface area (TPSA) is 38.5 Å². The second kappa shape index (κ2) is 6.66. The molecule has 1 saturated heterocycles. The number of alkyl halides is 3. The maximum Gasteiger partial charge on any atom is 0.251 e. The summed E-state index contributed by atoms with van der Waals surface area (Å²) in [6.45, 7) is 0.00948.